The number of esters is 1. The minimum atomic E-state index is -1.88. The second kappa shape index (κ2) is 12.0. The van der Waals surface area contributed by atoms with Crippen LogP contribution in [0.5, 0.6) is 46.0 Å². The van der Waals surface area contributed by atoms with Gasteiger partial charge in [0.2, 0.25) is 16.9 Å². The Morgan fingerprint density at radius 3 is 2.18 bits per heavy atom. The summed E-state index contributed by atoms with van der Waals surface area (Å²) >= 11 is 0. The largest absolute Gasteiger partial charge is 0.508 e. The Morgan fingerprint density at radius 1 is 0.867 bits per heavy atom. The molecule has 15 heteroatoms. The van der Waals surface area contributed by atoms with E-state index in [1.807, 2.05) is 0 Å². The third kappa shape index (κ3) is 5.66. The number of hydrogen-bond donors (Lipinski definition) is 9. The summed E-state index contributed by atoms with van der Waals surface area (Å²) in [5.74, 6) is -7.00. The first-order chi connectivity index (χ1) is 21.3. The monoisotopic (exact) mass is 628 g/mol. The molecule has 0 saturated heterocycles. The van der Waals surface area contributed by atoms with Crippen LogP contribution in [0.15, 0.2) is 51.7 Å². The van der Waals surface area contributed by atoms with Gasteiger partial charge in [-0.2, -0.15) is 0 Å². The molecule has 0 amide bonds. The maximum absolute atomic E-state index is 13.8. The van der Waals surface area contributed by atoms with Crippen molar-refractivity contribution in [3.05, 3.63) is 58.3 Å². The van der Waals surface area contributed by atoms with Gasteiger partial charge in [-0.3, -0.25) is 4.79 Å². The van der Waals surface area contributed by atoms with Crippen molar-refractivity contribution in [2.75, 3.05) is 13.7 Å². The maximum atomic E-state index is 13.8. The number of phenolic OH excluding ortho intramolecular Hbond substituents is 6. The van der Waals surface area contributed by atoms with Crippen molar-refractivity contribution in [3.8, 4) is 57.3 Å². The van der Waals surface area contributed by atoms with E-state index in [9.17, 15) is 55.5 Å². The van der Waals surface area contributed by atoms with Gasteiger partial charge in [-0.25, -0.2) is 4.79 Å². The fraction of sp³-hybridized carbons (Fsp3) is 0.267. The molecule has 4 aromatic rings. The number of hydrogen-bond acceptors (Lipinski definition) is 15. The first-order valence-corrected chi connectivity index (χ1v) is 13.3. The number of rotatable bonds is 7. The van der Waals surface area contributed by atoms with Gasteiger partial charge in [0.15, 0.2) is 34.9 Å². The first-order valence-electron chi connectivity index (χ1n) is 13.3. The van der Waals surface area contributed by atoms with Crippen molar-refractivity contribution < 1.29 is 69.4 Å². The normalized spacial score (nSPS) is 21.4. The lowest BCUT2D eigenvalue weighted by atomic mass is 9.81. The van der Waals surface area contributed by atoms with E-state index in [1.165, 1.54) is 13.2 Å². The van der Waals surface area contributed by atoms with Crippen LogP contribution in [0.1, 0.15) is 16.8 Å². The molecule has 9 N–H and O–H groups in total. The number of aliphatic hydroxyl groups is 3. The molecule has 1 aromatic heterocycles. The van der Waals surface area contributed by atoms with Gasteiger partial charge in [0.05, 0.1) is 18.8 Å². The Morgan fingerprint density at radius 2 is 1.56 bits per heavy atom. The number of carbonyl (C=O) groups excluding carboxylic acids is 1. The van der Waals surface area contributed by atoms with E-state index < -0.39 is 94.0 Å². The van der Waals surface area contributed by atoms with Crippen LogP contribution in [-0.2, 0) is 4.74 Å². The zero-order valence-corrected chi connectivity index (χ0v) is 23.3. The number of benzene rings is 3. The van der Waals surface area contributed by atoms with E-state index in [1.54, 1.807) is 0 Å². The molecule has 15 nitrogen and oxygen atoms in total. The van der Waals surface area contributed by atoms with Crippen LogP contribution >= 0.6 is 0 Å². The Labute approximate surface area is 252 Å². The van der Waals surface area contributed by atoms with Crippen molar-refractivity contribution in [1.82, 2.24) is 0 Å². The molecular formula is C30H28O15. The van der Waals surface area contributed by atoms with Gasteiger partial charge in [0, 0.05) is 30.2 Å². The lowest BCUT2D eigenvalue weighted by Crippen LogP contribution is -2.57. The highest BCUT2D eigenvalue weighted by atomic mass is 16.6. The Balaban J connectivity index is 1.62. The number of phenols is 6. The number of methoxy groups -OCH3 is 1. The molecule has 5 rings (SSSR count). The molecule has 0 bridgehead atoms. The summed E-state index contributed by atoms with van der Waals surface area (Å²) in [5.41, 5.74) is -1.69. The number of aliphatic hydroxyl groups excluding tert-OH is 3. The van der Waals surface area contributed by atoms with Gasteiger partial charge in [0.1, 0.15) is 34.7 Å². The summed E-state index contributed by atoms with van der Waals surface area (Å²) in [6.45, 7) is -0.649. The summed E-state index contributed by atoms with van der Waals surface area (Å²) in [4.78, 5) is 26.9. The zero-order chi connectivity index (χ0) is 32.7. The van der Waals surface area contributed by atoms with Crippen molar-refractivity contribution in [3.63, 3.8) is 0 Å². The second-order valence-corrected chi connectivity index (χ2v) is 10.4. The lowest BCUT2D eigenvalue weighted by molar-refractivity contribution is -0.159. The van der Waals surface area contributed by atoms with E-state index in [2.05, 4.69) is 0 Å². The fourth-order valence-corrected chi connectivity index (χ4v) is 5.21. The molecule has 0 aliphatic heterocycles. The van der Waals surface area contributed by atoms with E-state index in [-0.39, 0.29) is 34.6 Å². The Kier molecular flexibility index (Phi) is 8.25. The molecule has 1 saturated carbocycles. The molecular weight excluding hydrogens is 600 g/mol. The SMILES string of the molecule is COc1c(O)cc(C(=O)O[C@@H]2[C@H](O)[C@H](O)[C@H](CO)C[C@@H]2Oc2c(-c3ccc(O)c(O)c3)oc3cc(O)cc(O)c3c2=O)cc1O. The first kappa shape index (κ1) is 31.1. The van der Waals surface area contributed by atoms with E-state index in [0.29, 0.717) is 0 Å². The molecule has 1 aliphatic rings. The predicted octanol–water partition coefficient (Wildman–Crippen LogP) is 1.41. The van der Waals surface area contributed by atoms with Crippen LogP contribution in [0, 0.1) is 5.92 Å². The van der Waals surface area contributed by atoms with Crippen LogP contribution in [0.3, 0.4) is 0 Å². The van der Waals surface area contributed by atoms with Gasteiger partial charge in [-0.1, -0.05) is 0 Å². The average Bonchev–Trinajstić information content (AvgIpc) is 2.98. The molecule has 5 atom stereocenters. The van der Waals surface area contributed by atoms with Gasteiger partial charge in [-0.15, -0.1) is 0 Å². The molecule has 1 fully saturated rings. The van der Waals surface area contributed by atoms with Gasteiger partial charge >= 0.3 is 5.97 Å². The molecule has 238 valence electrons. The highest BCUT2D eigenvalue weighted by Crippen LogP contribution is 2.41. The molecule has 1 aliphatic carbocycles. The standard InChI is InChI=1S/C30H28O15/c1-42-27-18(36)5-12(6-19(27)37)30(41)45-28-21(7-13(10-31)23(38)25(28)40)44-29-24(39)22-17(35)8-14(32)9-20(22)43-26(29)11-2-3-15(33)16(34)4-11/h2-6,8-9,13,21,23,25,28,31-38,40H,7,10H2,1H3/t13-,21-,23+,25+,28-/m0/s1. The topological polar surface area (TPSA) is 257 Å². The lowest BCUT2D eigenvalue weighted by Gasteiger charge is -2.41. The third-order valence-electron chi connectivity index (χ3n) is 7.46. The summed E-state index contributed by atoms with van der Waals surface area (Å²) in [6, 6.07) is 7.13. The van der Waals surface area contributed by atoms with Crippen LogP contribution in [0.4, 0.5) is 0 Å². The highest BCUT2D eigenvalue weighted by Gasteiger charge is 2.47. The molecule has 3 aromatic carbocycles. The van der Waals surface area contributed by atoms with Crippen LogP contribution < -0.4 is 14.9 Å². The molecule has 45 heavy (non-hydrogen) atoms. The van der Waals surface area contributed by atoms with Gasteiger partial charge < -0.3 is 64.6 Å². The highest BCUT2D eigenvalue weighted by molar-refractivity contribution is 5.91. The van der Waals surface area contributed by atoms with Crippen molar-refractivity contribution >= 4 is 16.9 Å². The maximum Gasteiger partial charge on any atom is 0.338 e. The van der Waals surface area contributed by atoms with E-state index in [0.717, 1.165) is 36.4 Å². The zero-order valence-electron chi connectivity index (χ0n) is 23.3. The number of ether oxygens (including phenoxy) is 3. The number of carbonyl (C=O) groups is 1. The summed E-state index contributed by atoms with van der Waals surface area (Å²) in [5, 5.41) is 91.7. The number of aromatic hydroxyl groups is 6. The summed E-state index contributed by atoms with van der Waals surface area (Å²) in [7, 11) is 1.17. The number of fused-ring (bicyclic) bond motifs is 1. The quantitative estimate of drug-likeness (QED) is 0.104. The van der Waals surface area contributed by atoms with Crippen molar-refractivity contribution in [1.29, 1.82) is 0 Å². The minimum absolute atomic E-state index is 0.0186. The molecule has 0 spiro atoms. The van der Waals surface area contributed by atoms with Gasteiger partial charge in [0.25, 0.3) is 0 Å². The Bertz CT molecular complexity index is 1810. The third-order valence-corrected chi connectivity index (χ3v) is 7.46. The second-order valence-electron chi connectivity index (χ2n) is 10.4. The van der Waals surface area contributed by atoms with Crippen molar-refractivity contribution in [2.45, 2.75) is 30.8 Å². The molecule has 0 radical (unpaired) electrons. The molecule has 0 unspecified atom stereocenters. The van der Waals surface area contributed by atoms with Crippen LogP contribution in [0.2, 0.25) is 0 Å². The van der Waals surface area contributed by atoms with E-state index >= 15 is 0 Å². The fourth-order valence-electron chi connectivity index (χ4n) is 5.21. The molecule has 1 heterocycles. The average molecular weight is 629 g/mol. The smallest absolute Gasteiger partial charge is 0.338 e. The summed E-state index contributed by atoms with van der Waals surface area (Å²) < 4.78 is 22.1. The van der Waals surface area contributed by atoms with Crippen LogP contribution in [-0.4, -0.2) is 90.1 Å². The minimum Gasteiger partial charge on any atom is -0.508 e. The van der Waals surface area contributed by atoms with Crippen molar-refractivity contribution in [2.24, 2.45) is 5.92 Å². The Hall–Kier alpha value is -5.38. The predicted molar refractivity (Wildman–Crippen MR) is 152 cm³/mol. The van der Waals surface area contributed by atoms with E-state index in [4.69, 9.17) is 18.6 Å². The summed E-state index contributed by atoms with van der Waals surface area (Å²) in [6.07, 6.45) is -7.02. The van der Waals surface area contributed by atoms with Crippen LogP contribution in [0.25, 0.3) is 22.3 Å². The van der Waals surface area contributed by atoms with Gasteiger partial charge in [-0.05, 0) is 36.8 Å².